The Morgan fingerprint density at radius 1 is 1.14 bits per heavy atom. The standard InChI is InChI=1S/C15H28FNO4/c1-10(9-16)8-11(12(18)20-14(2,3)4)17-13(19)21-15(5,6)7/h10-11H,8-9H2,1-7H3,(H,17,19)/t10-,11-/m0/s1/i9D2. The van der Waals surface area contributed by atoms with Gasteiger partial charge < -0.3 is 14.8 Å². The van der Waals surface area contributed by atoms with Crippen molar-refractivity contribution in [2.75, 3.05) is 6.63 Å². The van der Waals surface area contributed by atoms with E-state index in [0.717, 1.165) is 0 Å². The summed E-state index contributed by atoms with van der Waals surface area (Å²) in [4.78, 5) is 24.0. The maximum atomic E-state index is 13.4. The van der Waals surface area contributed by atoms with Crippen molar-refractivity contribution in [3.63, 3.8) is 0 Å². The highest BCUT2D eigenvalue weighted by Gasteiger charge is 2.29. The highest BCUT2D eigenvalue weighted by molar-refractivity contribution is 5.81. The zero-order chi connectivity index (χ0) is 18.6. The van der Waals surface area contributed by atoms with Crippen LogP contribution < -0.4 is 5.32 Å². The van der Waals surface area contributed by atoms with Crippen LogP contribution in [0, 0.1) is 5.92 Å². The average molecular weight is 307 g/mol. The topological polar surface area (TPSA) is 64.6 Å². The van der Waals surface area contributed by atoms with Gasteiger partial charge in [0.05, 0.1) is 9.37 Å². The summed E-state index contributed by atoms with van der Waals surface area (Å²) in [7, 11) is 0. The molecule has 0 rings (SSSR count). The molecule has 1 amide bonds. The number of esters is 1. The molecule has 0 saturated heterocycles. The van der Waals surface area contributed by atoms with Crippen LogP contribution in [0.2, 0.25) is 0 Å². The Hall–Kier alpha value is -1.33. The van der Waals surface area contributed by atoms with Gasteiger partial charge in [0, 0.05) is 0 Å². The number of hydrogen-bond donors (Lipinski definition) is 1. The van der Waals surface area contributed by atoms with Gasteiger partial charge in [-0.15, -0.1) is 0 Å². The zero-order valence-electron chi connectivity index (χ0n) is 15.9. The second-order valence-electron chi connectivity index (χ2n) is 6.98. The molecule has 1 N–H and O–H groups in total. The molecule has 0 aliphatic heterocycles. The molecule has 0 aliphatic rings. The fraction of sp³-hybridized carbons (Fsp3) is 0.867. The highest BCUT2D eigenvalue weighted by atomic mass is 19.1. The van der Waals surface area contributed by atoms with Crippen LogP contribution in [0.3, 0.4) is 0 Å². The lowest BCUT2D eigenvalue weighted by Crippen LogP contribution is -2.46. The molecule has 0 aromatic carbocycles. The van der Waals surface area contributed by atoms with E-state index in [2.05, 4.69) is 5.32 Å². The van der Waals surface area contributed by atoms with E-state index in [1.807, 2.05) is 0 Å². The molecule has 0 unspecified atom stereocenters. The first-order valence-electron chi connectivity index (χ1n) is 7.92. The Morgan fingerprint density at radius 3 is 2.00 bits per heavy atom. The van der Waals surface area contributed by atoms with E-state index in [-0.39, 0.29) is 6.42 Å². The summed E-state index contributed by atoms with van der Waals surface area (Å²) >= 11 is 0. The molecule has 6 heteroatoms. The van der Waals surface area contributed by atoms with E-state index >= 15 is 0 Å². The molecule has 0 aromatic rings. The third-order valence-corrected chi connectivity index (χ3v) is 2.16. The van der Waals surface area contributed by atoms with Crippen molar-refractivity contribution in [2.45, 2.75) is 72.1 Å². The van der Waals surface area contributed by atoms with Gasteiger partial charge in [-0.25, -0.2) is 9.59 Å². The second kappa shape index (κ2) is 7.61. The van der Waals surface area contributed by atoms with Gasteiger partial charge in [-0.05, 0) is 53.9 Å². The first-order chi connectivity index (χ1) is 10.0. The maximum absolute atomic E-state index is 13.4. The van der Waals surface area contributed by atoms with E-state index < -0.39 is 41.9 Å². The van der Waals surface area contributed by atoms with Gasteiger partial charge in [-0.3, -0.25) is 4.39 Å². The van der Waals surface area contributed by atoms with Crippen molar-refractivity contribution < 1.29 is 26.2 Å². The average Bonchev–Trinajstić information content (AvgIpc) is 2.21. The van der Waals surface area contributed by atoms with Gasteiger partial charge in [0.25, 0.3) is 0 Å². The van der Waals surface area contributed by atoms with E-state index in [1.165, 1.54) is 6.92 Å². The molecular weight excluding hydrogens is 277 g/mol. The lowest BCUT2D eigenvalue weighted by atomic mass is 10.0. The van der Waals surface area contributed by atoms with Crippen LogP contribution in [-0.2, 0) is 14.3 Å². The molecular formula is C15H28FNO4. The van der Waals surface area contributed by atoms with Gasteiger partial charge >= 0.3 is 12.1 Å². The monoisotopic (exact) mass is 307 g/mol. The SMILES string of the molecule is [2H]C([2H])(F)[C@@H](C)C[C@H](NC(=O)OC(C)(C)C)C(=O)OC(C)(C)C. The summed E-state index contributed by atoms with van der Waals surface area (Å²) in [6.07, 6.45) is -1.10. The number of alkyl carbamates (subject to hydrolysis) is 1. The number of rotatable bonds is 5. The van der Waals surface area contributed by atoms with Crippen LogP contribution in [-0.4, -0.2) is 35.9 Å². The van der Waals surface area contributed by atoms with Gasteiger partial charge in [0.1, 0.15) is 17.2 Å². The molecule has 2 atom stereocenters. The third-order valence-electron chi connectivity index (χ3n) is 2.16. The largest absolute Gasteiger partial charge is 0.458 e. The first kappa shape index (κ1) is 16.0. The van der Waals surface area contributed by atoms with Crippen molar-refractivity contribution in [2.24, 2.45) is 5.92 Å². The molecule has 0 fully saturated rings. The Labute approximate surface area is 129 Å². The molecule has 0 radical (unpaired) electrons. The van der Waals surface area contributed by atoms with Gasteiger partial charge in [0.2, 0.25) is 0 Å². The summed E-state index contributed by atoms with van der Waals surface area (Å²) in [5.74, 6) is -1.88. The molecule has 0 spiro atoms. The number of hydrogen-bond acceptors (Lipinski definition) is 4. The number of alkyl halides is 1. The summed E-state index contributed by atoms with van der Waals surface area (Å²) in [6.45, 7) is 8.31. The number of halogens is 1. The zero-order valence-corrected chi connectivity index (χ0v) is 13.9. The predicted molar refractivity (Wildman–Crippen MR) is 78.8 cm³/mol. The van der Waals surface area contributed by atoms with Crippen LogP contribution in [0.5, 0.6) is 0 Å². The van der Waals surface area contributed by atoms with Crippen LogP contribution in [0.15, 0.2) is 0 Å². The Morgan fingerprint density at radius 2 is 1.62 bits per heavy atom. The molecule has 0 aliphatic carbocycles. The Balaban J connectivity index is 5.08. The molecule has 5 nitrogen and oxygen atoms in total. The minimum absolute atomic E-state index is 0.252. The molecule has 0 saturated carbocycles. The lowest BCUT2D eigenvalue weighted by molar-refractivity contribution is -0.158. The lowest BCUT2D eigenvalue weighted by Gasteiger charge is -2.27. The smallest absolute Gasteiger partial charge is 0.408 e. The Kier molecular flexibility index (Phi) is 5.82. The minimum atomic E-state index is -2.98. The predicted octanol–water partition coefficient (Wildman–Crippen LogP) is 3.22. The van der Waals surface area contributed by atoms with Crippen LogP contribution >= 0.6 is 0 Å². The normalized spacial score (nSPS) is 17.1. The Bertz CT molecular complexity index is 425. The molecule has 0 heterocycles. The van der Waals surface area contributed by atoms with Crippen molar-refractivity contribution in [3.05, 3.63) is 0 Å². The minimum Gasteiger partial charge on any atom is -0.458 e. The van der Waals surface area contributed by atoms with Crippen molar-refractivity contribution >= 4 is 12.1 Å². The van der Waals surface area contributed by atoms with Gasteiger partial charge in [-0.1, -0.05) is 6.92 Å². The van der Waals surface area contributed by atoms with E-state index in [4.69, 9.17) is 12.2 Å². The van der Waals surface area contributed by atoms with E-state index in [1.54, 1.807) is 41.5 Å². The van der Waals surface area contributed by atoms with Gasteiger partial charge in [-0.2, -0.15) is 0 Å². The fourth-order valence-electron chi connectivity index (χ4n) is 1.43. The van der Waals surface area contributed by atoms with Crippen molar-refractivity contribution in [1.82, 2.24) is 5.32 Å². The van der Waals surface area contributed by atoms with Gasteiger partial charge in [0.15, 0.2) is 0 Å². The summed E-state index contributed by atoms with van der Waals surface area (Å²) < 4.78 is 37.8. The second-order valence-corrected chi connectivity index (χ2v) is 6.98. The highest BCUT2D eigenvalue weighted by Crippen LogP contribution is 2.14. The molecule has 0 bridgehead atoms. The summed E-state index contributed by atoms with van der Waals surface area (Å²) in [5, 5.41) is 2.33. The molecule has 21 heavy (non-hydrogen) atoms. The molecule has 124 valence electrons. The third kappa shape index (κ3) is 10.1. The maximum Gasteiger partial charge on any atom is 0.408 e. The number of nitrogens with one attached hydrogen (secondary N) is 1. The number of carbonyl (C=O) groups excluding carboxylic acids is 2. The van der Waals surface area contributed by atoms with E-state index in [9.17, 15) is 14.0 Å². The number of carbonyl (C=O) groups is 2. The van der Waals surface area contributed by atoms with Crippen molar-refractivity contribution in [3.8, 4) is 0 Å². The van der Waals surface area contributed by atoms with E-state index in [0.29, 0.717) is 0 Å². The van der Waals surface area contributed by atoms with Crippen LogP contribution in [0.25, 0.3) is 0 Å². The summed E-state index contributed by atoms with van der Waals surface area (Å²) in [5.41, 5.74) is -1.55. The number of ether oxygens (including phenoxy) is 2. The number of amides is 1. The van der Waals surface area contributed by atoms with Crippen LogP contribution in [0.4, 0.5) is 9.18 Å². The summed E-state index contributed by atoms with van der Waals surface area (Å²) in [6, 6.07) is -1.20. The molecule has 0 aromatic heterocycles. The fourth-order valence-corrected chi connectivity index (χ4v) is 1.43. The quantitative estimate of drug-likeness (QED) is 0.792. The van der Waals surface area contributed by atoms with Crippen molar-refractivity contribution in [1.29, 1.82) is 0 Å². The first-order valence-corrected chi connectivity index (χ1v) is 6.92. The van der Waals surface area contributed by atoms with Crippen LogP contribution in [0.1, 0.15) is 57.6 Å².